The molecule has 0 saturated carbocycles. The number of hydrogen-bond acceptors (Lipinski definition) is 3. The maximum atomic E-state index is 12.1. The van der Waals surface area contributed by atoms with Crippen molar-refractivity contribution in [2.75, 3.05) is 13.1 Å². The molecule has 0 bridgehead atoms. The SMILES string of the molecule is Cc1ccc(C(=O)N2CC(C(C)C(=O)O)C2)c(=O)[nH]1. The zero-order chi connectivity index (χ0) is 14.2. The Morgan fingerprint density at radius 2 is 2.05 bits per heavy atom. The van der Waals surface area contributed by atoms with E-state index in [9.17, 15) is 14.4 Å². The van der Waals surface area contributed by atoms with E-state index < -0.39 is 17.4 Å². The van der Waals surface area contributed by atoms with Gasteiger partial charge in [-0.25, -0.2) is 0 Å². The Hall–Kier alpha value is -2.11. The minimum absolute atomic E-state index is 0.0361. The zero-order valence-corrected chi connectivity index (χ0v) is 10.8. The summed E-state index contributed by atoms with van der Waals surface area (Å²) in [6, 6.07) is 3.18. The van der Waals surface area contributed by atoms with E-state index in [1.165, 1.54) is 11.0 Å². The number of aromatic amines is 1. The van der Waals surface area contributed by atoms with Gasteiger partial charge in [0.2, 0.25) is 0 Å². The highest BCUT2D eigenvalue weighted by Gasteiger charge is 2.37. The van der Waals surface area contributed by atoms with Gasteiger partial charge in [-0.2, -0.15) is 0 Å². The van der Waals surface area contributed by atoms with Gasteiger partial charge in [-0.05, 0) is 19.1 Å². The van der Waals surface area contributed by atoms with Crippen molar-refractivity contribution in [1.82, 2.24) is 9.88 Å². The summed E-state index contributed by atoms with van der Waals surface area (Å²) in [5.41, 5.74) is 0.397. The van der Waals surface area contributed by atoms with Crippen LogP contribution in [-0.4, -0.2) is 40.0 Å². The summed E-state index contributed by atoms with van der Waals surface area (Å²) in [6.45, 7) is 4.15. The Labute approximate surface area is 110 Å². The number of carboxylic acid groups (broad SMARTS) is 1. The average Bonchev–Trinajstić information content (AvgIpc) is 2.26. The van der Waals surface area contributed by atoms with Crippen molar-refractivity contribution >= 4 is 11.9 Å². The predicted molar refractivity (Wildman–Crippen MR) is 68.0 cm³/mol. The molecule has 0 radical (unpaired) electrons. The molecule has 1 unspecified atom stereocenters. The van der Waals surface area contributed by atoms with Crippen LogP contribution in [0.4, 0.5) is 0 Å². The van der Waals surface area contributed by atoms with E-state index >= 15 is 0 Å². The fraction of sp³-hybridized carbons (Fsp3) is 0.462. The lowest BCUT2D eigenvalue weighted by atomic mass is 9.86. The van der Waals surface area contributed by atoms with Crippen LogP contribution in [0.3, 0.4) is 0 Å². The molecule has 1 aromatic heterocycles. The first kappa shape index (κ1) is 13.3. The van der Waals surface area contributed by atoms with Crippen LogP contribution in [0.25, 0.3) is 0 Å². The molecule has 1 aromatic rings. The van der Waals surface area contributed by atoms with Gasteiger partial charge in [-0.15, -0.1) is 0 Å². The van der Waals surface area contributed by atoms with Crippen LogP contribution < -0.4 is 5.56 Å². The van der Waals surface area contributed by atoms with E-state index in [4.69, 9.17) is 5.11 Å². The summed E-state index contributed by atoms with van der Waals surface area (Å²) in [7, 11) is 0. The number of hydrogen-bond donors (Lipinski definition) is 2. The molecule has 2 heterocycles. The number of H-pyrrole nitrogens is 1. The van der Waals surface area contributed by atoms with E-state index in [1.54, 1.807) is 19.9 Å². The standard InChI is InChI=1S/C13H16N2O4/c1-7-3-4-10(11(16)14-7)12(17)15-5-9(6-15)8(2)13(18)19/h3-4,8-9H,5-6H2,1-2H3,(H,14,16)(H,18,19). The van der Waals surface area contributed by atoms with E-state index in [-0.39, 0.29) is 17.4 Å². The second kappa shape index (κ2) is 4.87. The van der Waals surface area contributed by atoms with Crippen molar-refractivity contribution in [3.8, 4) is 0 Å². The fourth-order valence-corrected chi connectivity index (χ4v) is 2.11. The fourth-order valence-electron chi connectivity index (χ4n) is 2.11. The Morgan fingerprint density at radius 1 is 1.42 bits per heavy atom. The lowest BCUT2D eigenvalue weighted by molar-refractivity contribution is -0.144. The van der Waals surface area contributed by atoms with Crippen LogP contribution in [0.5, 0.6) is 0 Å². The second-order valence-electron chi connectivity index (χ2n) is 4.98. The number of likely N-dealkylation sites (tertiary alicyclic amines) is 1. The summed E-state index contributed by atoms with van der Waals surface area (Å²) >= 11 is 0. The van der Waals surface area contributed by atoms with Crippen LogP contribution in [0.1, 0.15) is 23.0 Å². The van der Waals surface area contributed by atoms with E-state index in [0.717, 1.165) is 0 Å². The molecule has 1 aliphatic heterocycles. The molecule has 102 valence electrons. The van der Waals surface area contributed by atoms with Crippen LogP contribution in [-0.2, 0) is 4.79 Å². The van der Waals surface area contributed by atoms with Gasteiger partial charge < -0.3 is 15.0 Å². The molecule has 19 heavy (non-hydrogen) atoms. The summed E-state index contributed by atoms with van der Waals surface area (Å²) in [5, 5.41) is 8.88. The molecule has 2 rings (SSSR count). The number of pyridine rings is 1. The summed E-state index contributed by atoms with van der Waals surface area (Å²) < 4.78 is 0. The van der Waals surface area contributed by atoms with Crippen LogP contribution >= 0.6 is 0 Å². The second-order valence-corrected chi connectivity index (χ2v) is 4.98. The van der Waals surface area contributed by atoms with E-state index in [1.807, 2.05) is 0 Å². The van der Waals surface area contributed by atoms with Gasteiger partial charge in [0, 0.05) is 24.7 Å². The molecule has 0 spiro atoms. The number of aryl methyl sites for hydroxylation is 1. The number of aliphatic carboxylic acids is 1. The molecule has 6 heteroatoms. The monoisotopic (exact) mass is 264 g/mol. The molecule has 1 aliphatic rings. The van der Waals surface area contributed by atoms with Crippen molar-refractivity contribution in [3.63, 3.8) is 0 Å². The van der Waals surface area contributed by atoms with Crippen molar-refractivity contribution in [3.05, 3.63) is 33.7 Å². The minimum atomic E-state index is -0.856. The highest BCUT2D eigenvalue weighted by molar-refractivity contribution is 5.94. The minimum Gasteiger partial charge on any atom is -0.481 e. The van der Waals surface area contributed by atoms with E-state index in [2.05, 4.69) is 4.98 Å². The quantitative estimate of drug-likeness (QED) is 0.830. The Bertz CT molecular complexity index is 572. The number of nitrogens with one attached hydrogen (secondary N) is 1. The third-order valence-corrected chi connectivity index (χ3v) is 3.58. The highest BCUT2D eigenvalue weighted by atomic mass is 16.4. The summed E-state index contributed by atoms with van der Waals surface area (Å²) in [5.74, 6) is -1.70. The molecule has 2 N–H and O–H groups in total. The number of rotatable bonds is 3. The molecule has 1 atom stereocenters. The number of aromatic nitrogens is 1. The number of carbonyl (C=O) groups excluding carboxylic acids is 1. The lowest BCUT2D eigenvalue weighted by Gasteiger charge is -2.41. The lowest BCUT2D eigenvalue weighted by Crippen LogP contribution is -2.54. The van der Waals surface area contributed by atoms with Crippen LogP contribution in [0.2, 0.25) is 0 Å². The van der Waals surface area contributed by atoms with Crippen molar-refractivity contribution in [2.45, 2.75) is 13.8 Å². The molecule has 1 amide bonds. The molecule has 1 fully saturated rings. The summed E-state index contributed by atoms with van der Waals surface area (Å²) in [4.78, 5) is 38.6. The maximum absolute atomic E-state index is 12.1. The van der Waals surface area contributed by atoms with Gasteiger partial charge in [0.05, 0.1) is 5.92 Å². The number of nitrogens with zero attached hydrogens (tertiary/aromatic N) is 1. The van der Waals surface area contributed by atoms with Crippen molar-refractivity contribution < 1.29 is 14.7 Å². The molecule has 0 aliphatic carbocycles. The maximum Gasteiger partial charge on any atom is 0.306 e. The van der Waals surface area contributed by atoms with Crippen molar-refractivity contribution in [1.29, 1.82) is 0 Å². The first-order valence-corrected chi connectivity index (χ1v) is 6.12. The van der Waals surface area contributed by atoms with Gasteiger partial charge in [-0.3, -0.25) is 14.4 Å². The molecule has 0 aromatic carbocycles. The third-order valence-electron chi connectivity index (χ3n) is 3.58. The first-order valence-electron chi connectivity index (χ1n) is 6.12. The number of carboxylic acids is 1. The zero-order valence-electron chi connectivity index (χ0n) is 10.8. The molecular formula is C13H16N2O4. The third kappa shape index (κ3) is 2.52. The topological polar surface area (TPSA) is 90.5 Å². The molecule has 6 nitrogen and oxygen atoms in total. The first-order chi connectivity index (χ1) is 8.90. The normalized spacial score (nSPS) is 16.8. The van der Waals surface area contributed by atoms with Gasteiger partial charge in [0.25, 0.3) is 11.5 Å². The number of carbonyl (C=O) groups is 2. The highest BCUT2D eigenvalue weighted by Crippen LogP contribution is 2.25. The molecular weight excluding hydrogens is 248 g/mol. The smallest absolute Gasteiger partial charge is 0.306 e. The van der Waals surface area contributed by atoms with Crippen molar-refractivity contribution in [2.24, 2.45) is 11.8 Å². The van der Waals surface area contributed by atoms with Crippen LogP contribution in [0.15, 0.2) is 16.9 Å². The van der Waals surface area contributed by atoms with Crippen LogP contribution in [0, 0.1) is 18.8 Å². The summed E-state index contributed by atoms with van der Waals surface area (Å²) in [6.07, 6.45) is 0. The van der Waals surface area contributed by atoms with Gasteiger partial charge >= 0.3 is 5.97 Å². The average molecular weight is 264 g/mol. The molecule has 1 saturated heterocycles. The Morgan fingerprint density at radius 3 is 2.58 bits per heavy atom. The largest absolute Gasteiger partial charge is 0.481 e. The van der Waals surface area contributed by atoms with E-state index in [0.29, 0.717) is 18.8 Å². The van der Waals surface area contributed by atoms with Gasteiger partial charge in [0.1, 0.15) is 5.56 Å². The predicted octanol–water partition coefficient (Wildman–Crippen LogP) is 0.476. The number of amides is 1. The van der Waals surface area contributed by atoms with Gasteiger partial charge in [-0.1, -0.05) is 6.92 Å². The van der Waals surface area contributed by atoms with Gasteiger partial charge in [0.15, 0.2) is 0 Å². The Kier molecular flexibility index (Phi) is 3.42. The Balaban J connectivity index is 2.04.